The molecule has 0 fully saturated rings. The van der Waals surface area contributed by atoms with Crippen LogP contribution in [-0.2, 0) is 6.54 Å². The third-order valence-corrected chi connectivity index (χ3v) is 3.38. The van der Waals surface area contributed by atoms with Crippen molar-refractivity contribution in [2.45, 2.75) is 32.7 Å². The number of benzene rings is 1. The topological polar surface area (TPSA) is 82.1 Å². The normalized spacial score (nSPS) is 12.1. The Balaban J connectivity index is 2.55. The molecule has 0 bridgehead atoms. The van der Waals surface area contributed by atoms with E-state index in [1.807, 2.05) is 25.1 Å². The predicted molar refractivity (Wildman–Crippen MR) is 81.0 cm³/mol. The van der Waals surface area contributed by atoms with Crippen molar-refractivity contribution in [1.29, 1.82) is 0 Å². The van der Waals surface area contributed by atoms with Crippen molar-refractivity contribution in [2.75, 3.05) is 20.2 Å². The number of nitrogens with zero attached hydrogens (tertiary/aromatic N) is 2. The van der Waals surface area contributed by atoms with Gasteiger partial charge in [-0.2, -0.15) is 0 Å². The van der Waals surface area contributed by atoms with Gasteiger partial charge in [0.15, 0.2) is 5.84 Å². The second-order valence-corrected chi connectivity index (χ2v) is 5.15. The van der Waals surface area contributed by atoms with Gasteiger partial charge in [-0.25, -0.2) is 0 Å². The highest BCUT2D eigenvalue weighted by atomic mass is 16.4. The van der Waals surface area contributed by atoms with E-state index in [2.05, 4.69) is 17.1 Å². The Morgan fingerprint density at radius 1 is 1.30 bits per heavy atom. The molecule has 0 radical (unpaired) electrons. The molecule has 4 N–H and O–H groups in total. The van der Waals surface area contributed by atoms with Crippen LogP contribution in [-0.4, -0.2) is 41.2 Å². The molecule has 1 aromatic rings. The fraction of sp³-hybridized carbons (Fsp3) is 0.533. The van der Waals surface area contributed by atoms with Crippen LogP contribution >= 0.6 is 0 Å². The molecular formula is C15H25N3O2. The van der Waals surface area contributed by atoms with Gasteiger partial charge >= 0.3 is 0 Å². The minimum atomic E-state index is 0.136. The number of oxime groups is 1. The second kappa shape index (κ2) is 8.55. The monoisotopic (exact) mass is 279 g/mol. The zero-order valence-corrected chi connectivity index (χ0v) is 12.3. The van der Waals surface area contributed by atoms with E-state index in [1.54, 1.807) is 0 Å². The van der Waals surface area contributed by atoms with Crippen LogP contribution in [0.3, 0.4) is 0 Å². The molecule has 0 saturated carbocycles. The number of nitrogens with two attached hydrogens (primary N) is 1. The largest absolute Gasteiger partial charge is 0.409 e. The van der Waals surface area contributed by atoms with Crippen molar-refractivity contribution in [3.63, 3.8) is 0 Å². The summed E-state index contributed by atoms with van der Waals surface area (Å²) in [5, 5.41) is 20.4. The van der Waals surface area contributed by atoms with E-state index in [9.17, 15) is 0 Å². The Labute approximate surface area is 120 Å². The summed E-state index contributed by atoms with van der Waals surface area (Å²) in [6, 6.07) is 5.83. The van der Waals surface area contributed by atoms with Gasteiger partial charge in [-0.15, -0.1) is 0 Å². The van der Waals surface area contributed by atoms with Crippen LogP contribution in [0.4, 0.5) is 0 Å². The van der Waals surface area contributed by atoms with Gasteiger partial charge < -0.3 is 20.9 Å². The molecule has 0 heterocycles. The predicted octanol–water partition coefficient (Wildman–Crippen LogP) is 1.68. The van der Waals surface area contributed by atoms with Crippen molar-refractivity contribution < 1.29 is 10.3 Å². The van der Waals surface area contributed by atoms with Crippen molar-refractivity contribution in [1.82, 2.24) is 4.90 Å². The van der Waals surface area contributed by atoms with Crippen LogP contribution in [0, 0.1) is 6.92 Å². The van der Waals surface area contributed by atoms with Crippen molar-refractivity contribution >= 4 is 5.84 Å². The van der Waals surface area contributed by atoms with Crippen molar-refractivity contribution in [2.24, 2.45) is 10.9 Å². The molecule has 1 rings (SSSR count). The summed E-state index contributed by atoms with van der Waals surface area (Å²) >= 11 is 0. The van der Waals surface area contributed by atoms with Gasteiger partial charge in [-0.1, -0.05) is 17.3 Å². The lowest BCUT2D eigenvalue weighted by Gasteiger charge is -2.18. The summed E-state index contributed by atoms with van der Waals surface area (Å²) in [7, 11) is 2.09. The molecular weight excluding hydrogens is 254 g/mol. The van der Waals surface area contributed by atoms with Crippen LogP contribution in [0.15, 0.2) is 23.4 Å². The van der Waals surface area contributed by atoms with E-state index >= 15 is 0 Å². The maximum atomic E-state index is 8.74. The Bertz CT molecular complexity index is 447. The summed E-state index contributed by atoms with van der Waals surface area (Å²) < 4.78 is 0. The lowest BCUT2D eigenvalue weighted by atomic mass is 10.0. The average molecular weight is 279 g/mol. The molecule has 5 heteroatoms. The first-order valence-corrected chi connectivity index (χ1v) is 6.95. The number of amidine groups is 1. The van der Waals surface area contributed by atoms with Gasteiger partial charge in [0.1, 0.15) is 0 Å². The summed E-state index contributed by atoms with van der Waals surface area (Å²) in [6.07, 6.45) is 3.03. The van der Waals surface area contributed by atoms with Gasteiger partial charge in [0.2, 0.25) is 0 Å². The molecule has 0 spiro atoms. The molecule has 0 aliphatic heterocycles. The zero-order chi connectivity index (χ0) is 15.0. The lowest BCUT2D eigenvalue weighted by molar-refractivity contribution is 0.271. The first-order chi connectivity index (χ1) is 9.58. The second-order valence-electron chi connectivity index (χ2n) is 5.15. The summed E-state index contributed by atoms with van der Waals surface area (Å²) in [6.45, 7) is 4.20. The number of aryl methyl sites for hydroxylation is 1. The number of rotatable bonds is 8. The van der Waals surface area contributed by atoms with E-state index in [-0.39, 0.29) is 12.4 Å². The average Bonchev–Trinajstić information content (AvgIpc) is 2.45. The SMILES string of the molecule is Cc1cc(/C(N)=N/O)ccc1CN(C)CCCCCO. The summed E-state index contributed by atoms with van der Waals surface area (Å²) in [4.78, 5) is 2.27. The molecule has 0 aliphatic carbocycles. The number of aliphatic hydroxyl groups excluding tert-OH is 1. The zero-order valence-electron chi connectivity index (χ0n) is 12.3. The molecule has 112 valence electrons. The van der Waals surface area contributed by atoms with E-state index < -0.39 is 0 Å². The highest BCUT2D eigenvalue weighted by Crippen LogP contribution is 2.13. The Morgan fingerprint density at radius 2 is 2.05 bits per heavy atom. The van der Waals surface area contributed by atoms with Crippen LogP contribution < -0.4 is 5.73 Å². The van der Waals surface area contributed by atoms with Gasteiger partial charge in [-0.05, 0) is 57.0 Å². The molecule has 0 unspecified atom stereocenters. The van der Waals surface area contributed by atoms with Crippen LogP contribution in [0.25, 0.3) is 0 Å². The Morgan fingerprint density at radius 3 is 2.65 bits per heavy atom. The van der Waals surface area contributed by atoms with E-state index in [1.165, 1.54) is 5.56 Å². The molecule has 0 atom stereocenters. The quantitative estimate of drug-likeness (QED) is 0.222. The van der Waals surface area contributed by atoms with Gasteiger partial charge in [0, 0.05) is 18.7 Å². The maximum Gasteiger partial charge on any atom is 0.170 e. The molecule has 5 nitrogen and oxygen atoms in total. The van der Waals surface area contributed by atoms with Gasteiger partial charge in [0.05, 0.1) is 0 Å². The molecule has 1 aromatic carbocycles. The highest BCUT2D eigenvalue weighted by Gasteiger charge is 2.06. The number of aliphatic hydroxyl groups is 1. The number of unbranched alkanes of at least 4 members (excludes halogenated alkanes) is 2. The fourth-order valence-electron chi connectivity index (χ4n) is 2.13. The van der Waals surface area contributed by atoms with Gasteiger partial charge in [-0.3, -0.25) is 0 Å². The fourth-order valence-corrected chi connectivity index (χ4v) is 2.13. The summed E-state index contributed by atoms with van der Waals surface area (Å²) in [5.74, 6) is 0.136. The standard InChI is InChI=1S/C15H25N3O2/c1-12-10-13(15(16)17-20)6-7-14(12)11-18(2)8-4-3-5-9-19/h6-7,10,19-20H,3-5,8-9,11H2,1-2H3,(H2,16,17). The van der Waals surface area contributed by atoms with Crippen LogP contribution in [0.5, 0.6) is 0 Å². The number of hydrogen-bond donors (Lipinski definition) is 3. The van der Waals surface area contributed by atoms with Crippen molar-refractivity contribution in [3.05, 3.63) is 34.9 Å². The smallest absolute Gasteiger partial charge is 0.170 e. The third kappa shape index (κ3) is 5.19. The molecule has 0 saturated heterocycles. The maximum absolute atomic E-state index is 8.74. The van der Waals surface area contributed by atoms with Crippen LogP contribution in [0.2, 0.25) is 0 Å². The number of hydrogen-bond acceptors (Lipinski definition) is 4. The molecule has 0 aliphatic rings. The Hall–Kier alpha value is -1.59. The van der Waals surface area contributed by atoms with Crippen molar-refractivity contribution in [3.8, 4) is 0 Å². The Kier molecular flexibility index (Phi) is 7.04. The minimum Gasteiger partial charge on any atom is -0.409 e. The first kappa shape index (κ1) is 16.5. The molecule has 20 heavy (non-hydrogen) atoms. The highest BCUT2D eigenvalue weighted by molar-refractivity contribution is 5.97. The lowest BCUT2D eigenvalue weighted by Crippen LogP contribution is -2.20. The van der Waals surface area contributed by atoms with E-state index in [0.29, 0.717) is 0 Å². The minimum absolute atomic E-state index is 0.136. The van der Waals surface area contributed by atoms with Crippen LogP contribution in [0.1, 0.15) is 36.0 Å². The van der Waals surface area contributed by atoms with Gasteiger partial charge in [0.25, 0.3) is 0 Å². The third-order valence-electron chi connectivity index (χ3n) is 3.38. The molecule has 0 aromatic heterocycles. The van der Waals surface area contributed by atoms with E-state index in [0.717, 1.165) is 43.5 Å². The molecule has 0 amide bonds. The first-order valence-electron chi connectivity index (χ1n) is 6.95. The summed E-state index contributed by atoms with van der Waals surface area (Å²) in [5.41, 5.74) is 8.69. The van der Waals surface area contributed by atoms with E-state index in [4.69, 9.17) is 16.0 Å².